The Balaban J connectivity index is 1.98. The van der Waals surface area contributed by atoms with E-state index in [9.17, 15) is 4.79 Å². The zero-order valence-electron chi connectivity index (χ0n) is 14.7. The minimum atomic E-state index is -0.0454. The van der Waals surface area contributed by atoms with Crippen molar-refractivity contribution in [3.05, 3.63) is 51.1 Å². The third-order valence-corrected chi connectivity index (χ3v) is 5.79. The first kappa shape index (κ1) is 18.9. The van der Waals surface area contributed by atoms with Crippen molar-refractivity contribution >= 4 is 49.7 Å². The number of hydrogen-bond acceptors (Lipinski definition) is 5. The van der Waals surface area contributed by atoms with Crippen molar-refractivity contribution in [3.8, 4) is 0 Å². The van der Waals surface area contributed by atoms with E-state index in [0.29, 0.717) is 24.4 Å². The number of ether oxygens (including phenoxy) is 1. The van der Waals surface area contributed by atoms with Crippen LogP contribution in [0.1, 0.15) is 35.0 Å². The quantitative estimate of drug-likeness (QED) is 0.606. The van der Waals surface area contributed by atoms with E-state index in [1.54, 1.807) is 24.5 Å². The number of amides is 1. The highest BCUT2D eigenvalue weighted by Gasteiger charge is 2.27. The Morgan fingerprint density at radius 3 is 3.08 bits per heavy atom. The van der Waals surface area contributed by atoms with Crippen LogP contribution in [0.25, 0.3) is 10.2 Å². The summed E-state index contributed by atoms with van der Waals surface area (Å²) >= 11 is 5.00. The molecule has 7 heteroatoms. The first-order chi connectivity index (χ1) is 12.7. The fourth-order valence-corrected chi connectivity index (χ4v) is 4.62. The molecular weight excluding hydrogens is 414 g/mol. The van der Waals surface area contributed by atoms with Gasteiger partial charge in [0.1, 0.15) is 9.71 Å². The van der Waals surface area contributed by atoms with E-state index in [1.807, 2.05) is 18.2 Å². The number of methoxy groups -OCH3 is 1. The first-order valence-corrected chi connectivity index (χ1v) is 10.0. The molecule has 3 rings (SSSR count). The van der Waals surface area contributed by atoms with Gasteiger partial charge in [0.25, 0.3) is 5.91 Å². The maximum absolute atomic E-state index is 13.2. The van der Waals surface area contributed by atoms with E-state index >= 15 is 0 Å². The first-order valence-electron chi connectivity index (χ1n) is 8.39. The average Bonchev–Trinajstić information content (AvgIpc) is 2.94. The van der Waals surface area contributed by atoms with Gasteiger partial charge in [-0.1, -0.05) is 25.2 Å². The monoisotopic (exact) mass is 433 g/mol. The zero-order chi connectivity index (χ0) is 18.5. The van der Waals surface area contributed by atoms with Gasteiger partial charge < -0.3 is 4.74 Å². The summed E-state index contributed by atoms with van der Waals surface area (Å²) in [6.45, 7) is 3.09. The molecular formula is C19H20BrN3O2S. The molecule has 0 atom stereocenters. The predicted octanol–water partition coefficient (Wildman–Crippen LogP) is 4.93. The SMILES string of the molecule is CC/C=C(\C/C=C\COC)N1C=NCc2c(sc3nccc(Br)c23)C1=O. The number of nitrogens with zero attached hydrogens (tertiary/aromatic N) is 3. The van der Waals surface area contributed by atoms with Crippen LogP contribution in [0.2, 0.25) is 0 Å². The molecule has 1 aliphatic rings. The molecule has 0 bridgehead atoms. The van der Waals surface area contributed by atoms with Crippen LogP contribution >= 0.6 is 27.3 Å². The van der Waals surface area contributed by atoms with Crippen molar-refractivity contribution < 1.29 is 9.53 Å². The maximum Gasteiger partial charge on any atom is 0.273 e. The molecule has 26 heavy (non-hydrogen) atoms. The lowest BCUT2D eigenvalue weighted by Gasteiger charge is -2.19. The third-order valence-electron chi connectivity index (χ3n) is 4.01. The van der Waals surface area contributed by atoms with E-state index < -0.39 is 0 Å². The molecule has 136 valence electrons. The van der Waals surface area contributed by atoms with Crippen LogP contribution in [0, 0.1) is 0 Å². The van der Waals surface area contributed by atoms with Crippen molar-refractivity contribution in [2.45, 2.75) is 26.3 Å². The minimum absolute atomic E-state index is 0.0454. The molecule has 0 radical (unpaired) electrons. The largest absolute Gasteiger partial charge is 0.381 e. The lowest BCUT2D eigenvalue weighted by atomic mass is 10.1. The van der Waals surface area contributed by atoms with Crippen LogP contribution in [0.3, 0.4) is 0 Å². The fourth-order valence-electron chi connectivity index (χ4n) is 2.83. The number of fused-ring (bicyclic) bond motifs is 3. The van der Waals surface area contributed by atoms with Gasteiger partial charge in [-0.05, 0) is 28.4 Å². The van der Waals surface area contributed by atoms with Crippen LogP contribution in [0.4, 0.5) is 0 Å². The topological polar surface area (TPSA) is 54.8 Å². The predicted molar refractivity (Wildman–Crippen MR) is 110 cm³/mol. The van der Waals surface area contributed by atoms with Crippen LogP contribution in [0.5, 0.6) is 0 Å². The third kappa shape index (κ3) is 3.79. The van der Waals surface area contributed by atoms with Gasteiger partial charge in [0.05, 0.1) is 19.5 Å². The number of pyridine rings is 1. The number of halogens is 1. The molecule has 3 heterocycles. The molecule has 2 aromatic rings. The second-order valence-electron chi connectivity index (χ2n) is 5.75. The van der Waals surface area contributed by atoms with Gasteiger partial charge in [0.15, 0.2) is 0 Å². The number of aliphatic imine (C=N–C) groups is 1. The number of hydrogen-bond donors (Lipinski definition) is 0. The standard InChI is InChI=1S/C19H20BrN3O2S/c1-3-6-13(7-4-5-10-25-2)23-12-21-11-14-16-15(20)8-9-22-18(16)26-17(14)19(23)24/h4-6,8-9,12H,3,7,10-11H2,1-2H3/b5-4-,13-6+. The molecule has 0 unspecified atom stereocenters. The van der Waals surface area contributed by atoms with Gasteiger partial charge in [-0.3, -0.25) is 14.7 Å². The van der Waals surface area contributed by atoms with E-state index in [1.165, 1.54) is 11.3 Å². The molecule has 0 saturated carbocycles. The van der Waals surface area contributed by atoms with Crippen LogP contribution in [-0.2, 0) is 11.3 Å². The Bertz CT molecular complexity index is 902. The summed E-state index contributed by atoms with van der Waals surface area (Å²) in [7, 11) is 1.66. The molecule has 2 aromatic heterocycles. The van der Waals surface area contributed by atoms with Crippen LogP contribution < -0.4 is 0 Å². The smallest absolute Gasteiger partial charge is 0.273 e. The number of allylic oxidation sites excluding steroid dienone is 2. The van der Waals surface area contributed by atoms with Crippen LogP contribution in [0.15, 0.2) is 45.7 Å². The van der Waals surface area contributed by atoms with E-state index in [2.05, 4.69) is 38.9 Å². The molecule has 0 spiro atoms. The van der Waals surface area contributed by atoms with Gasteiger partial charge >= 0.3 is 0 Å². The highest BCUT2D eigenvalue weighted by Crippen LogP contribution is 2.37. The van der Waals surface area contributed by atoms with Crippen molar-refractivity contribution in [2.24, 2.45) is 4.99 Å². The lowest BCUT2D eigenvalue weighted by Crippen LogP contribution is -2.28. The average molecular weight is 434 g/mol. The van der Waals surface area contributed by atoms with Crippen molar-refractivity contribution in [1.82, 2.24) is 9.88 Å². The molecule has 0 fully saturated rings. The molecule has 0 aromatic carbocycles. The van der Waals surface area contributed by atoms with Gasteiger partial charge in [-0.25, -0.2) is 4.98 Å². The molecule has 5 nitrogen and oxygen atoms in total. The van der Waals surface area contributed by atoms with Gasteiger partial charge in [-0.2, -0.15) is 0 Å². The van der Waals surface area contributed by atoms with E-state index in [0.717, 1.165) is 32.4 Å². The Kier molecular flexibility index (Phi) is 6.34. The minimum Gasteiger partial charge on any atom is -0.381 e. The molecule has 0 N–H and O–H groups in total. The molecule has 0 aliphatic carbocycles. The van der Waals surface area contributed by atoms with Crippen molar-refractivity contribution in [2.75, 3.05) is 13.7 Å². The molecule has 1 aliphatic heterocycles. The van der Waals surface area contributed by atoms with Gasteiger partial charge in [0, 0.05) is 40.8 Å². The summed E-state index contributed by atoms with van der Waals surface area (Å²) in [5.41, 5.74) is 1.87. The van der Waals surface area contributed by atoms with Crippen molar-refractivity contribution in [1.29, 1.82) is 0 Å². The highest BCUT2D eigenvalue weighted by molar-refractivity contribution is 9.10. The van der Waals surface area contributed by atoms with Gasteiger partial charge in [0.2, 0.25) is 0 Å². The molecule has 1 amide bonds. The normalized spacial score (nSPS) is 15.1. The number of carbonyl (C=O) groups is 1. The van der Waals surface area contributed by atoms with Crippen molar-refractivity contribution in [3.63, 3.8) is 0 Å². The summed E-state index contributed by atoms with van der Waals surface area (Å²) in [4.78, 5) is 25.4. The summed E-state index contributed by atoms with van der Waals surface area (Å²) < 4.78 is 5.99. The Hall–Kier alpha value is -1.83. The van der Waals surface area contributed by atoms with E-state index in [-0.39, 0.29) is 5.91 Å². The number of aromatic nitrogens is 1. The van der Waals surface area contributed by atoms with E-state index in [4.69, 9.17) is 4.74 Å². The Morgan fingerprint density at radius 2 is 2.31 bits per heavy atom. The maximum atomic E-state index is 13.2. The highest BCUT2D eigenvalue weighted by atomic mass is 79.9. The second-order valence-corrected chi connectivity index (χ2v) is 7.60. The summed E-state index contributed by atoms with van der Waals surface area (Å²) in [6, 6.07) is 1.90. The Morgan fingerprint density at radius 1 is 1.46 bits per heavy atom. The lowest BCUT2D eigenvalue weighted by molar-refractivity contribution is 0.0885. The van der Waals surface area contributed by atoms with Crippen LogP contribution in [-0.4, -0.2) is 35.8 Å². The number of rotatable bonds is 6. The van der Waals surface area contributed by atoms with Gasteiger partial charge in [-0.15, -0.1) is 11.3 Å². The fraction of sp³-hybridized carbons (Fsp3) is 0.316. The Labute approximate surface area is 165 Å². The summed E-state index contributed by atoms with van der Waals surface area (Å²) in [6.07, 6.45) is 10.9. The summed E-state index contributed by atoms with van der Waals surface area (Å²) in [5, 5.41) is 0.987. The number of carbonyl (C=O) groups excluding carboxylic acids is 1. The summed E-state index contributed by atoms with van der Waals surface area (Å²) in [5.74, 6) is -0.0454. The zero-order valence-corrected chi connectivity index (χ0v) is 17.1. The number of thiophene rings is 1. The second kappa shape index (κ2) is 8.70. The molecule has 0 saturated heterocycles.